The van der Waals surface area contributed by atoms with E-state index >= 15 is 0 Å². The summed E-state index contributed by atoms with van der Waals surface area (Å²) >= 11 is 5.89. The van der Waals surface area contributed by atoms with Gasteiger partial charge in [0.2, 0.25) is 0 Å². The van der Waals surface area contributed by atoms with Crippen molar-refractivity contribution < 1.29 is 4.39 Å². The lowest BCUT2D eigenvalue weighted by Gasteiger charge is -2.11. The largest absolute Gasteiger partial charge is 0.399 e. The first-order chi connectivity index (χ1) is 10.1. The van der Waals surface area contributed by atoms with Gasteiger partial charge in [0.05, 0.1) is 5.52 Å². The van der Waals surface area contributed by atoms with Gasteiger partial charge in [-0.1, -0.05) is 18.5 Å². The number of halogens is 2. The normalized spacial score (nSPS) is 11.0. The minimum absolute atomic E-state index is 0.318. The van der Waals surface area contributed by atoms with Gasteiger partial charge in [0.25, 0.3) is 0 Å². The Bertz CT molecular complexity index is 833. The van der Waals surface area contributed by atoms with E-state index in [1.165, 1.54) is 6.07 Å². The standard InChI is InChI=1S/C16H13ClFN3/c1-2-14-12(11-6-10(19)3-4-13(11)18)5-9-8-20-16(17)7-15(9)21-14/h3-8H,2,19H2,1H3. The van der Waals surface area contributed by atoms with E-state index in [2.05, 4.69) is 9.97 Å². The zero-order valence-electron chi connectivity index (χ0n) is 11.4. The zero-order chi connectivity index (χ0) is 15.0. The number of rotatable bonds is 2. The molecule has 0 aliphatic carbocycles. The highest BCUT2D eigenvalue weighted by molar-refractivity contribution is 6.30. The van der Waals surface area contributed by atoms with Crippen LogP contribution in [0.5, 0.6) is 0 Å². The first-order valence-electron chi connectivity index (χ1n) is 6.59. The van der Waals surface area contributed by atoms with Crippen molar-refractivity contribution in [2.24, 2.45) is 0 Å². The molecule has 0 atom stereocenters. The van der Waals surface area contributed by atoms with Gasteiger partial charge >= 0.3 is 0 Å². The molecule has 3 rings (SSSR count). The molecule has 0 fully saturated rings. The monoisotopic (exact) mass is 301 g/mol. The minimum atomic E-state index is -0.318. The second kappa shape index (κ2) is 5.30. The molecule has 1 aromatic carbocycles. The number of nitrogen functional groups attached to an aromatic ring is 1. The molecule has 0 aliphatic heterocycles. The fourth-order valence-corrected chi connectivity index (χ4v) is 2.49. The predicted molar refractivity (Wildman–Crippen MR) is 83.7 cm³/mol. The summed E-state index contributed by atoms with van der Waals surface area (Å²) in [5.41, 5.74) is 9.03. The Labute approximate surface area is 126 Å². The molecular weight excluding hydrogens is 289 g/mol. The Morgan fingerprint density at radius 3 is 2.76 bits per heavy atom. The minimum Gasteiger partial charge on any atom is -0.399 e. The van der Waals surface area contributed by atoms with Crippen LogP contribution in [-0.4, -0.2) is 9.97 Å². The lowest BCUT2D eigenvalue weighted by molar-refractivity contribution is 0.631. The van der Waals surface area contributed by atoms with Crippen LogP contribution in [0, 0.1) is 5.82 Å². The molecule has 0 amide bonds. The molecule has 3 aromatic rings. The van der Waals surface area contributed by atoms with E-state index in [-0.39, 0.29) is 5.82 Å². The van der Waals surface area contributed by atoms with Crippen LogP contribution in [0.1, 0.15) is 12.6 Å². The first kappa shape index (κ1) is 13.8. The van der Waals surface area contributed by atoms with E-state index < -0.39 is 0 Å². The van der Waals surface area contributed by atoms with E-state index in [0.717, 1.165) is 22.2 Å². The van der Waals surface area contributed by atoms with Crippen LogP contribution in [0.25, 0.3) is 22.0 Å². The molecule has 3 nitrogen and oxygen atoms in total. The van der Waals surface area contributed by atoms with Crippen molar-refractivity contribution in [2.75, 3.05) is 5.73 Å². The number of nitrogens with two attached hydrogens (primary N) is 1. The Balaban J connectivity index is 2.30. The van der Waals surface area contributed by atoms with Crippen molar-refractivity contribution in [3.05, 3.63) is 53.2 Å². The number of aromatic nitrogens is 2. The quantitative estimate of drug-likeness (QED) is 0.569. The summed E-state index contributed by atoms with van der Waals surface area (Å²) in [6, 6.07) is 8.12. The molecule has 0 unspecified atom stereocenters. The summed E-state index contributed by atoms with van der Waals surface area (Å²) in [5, 5.41) is 1.20. The molecular formula is C16H13ClFN3. The van der Waals surface area contributed by atoms with E-state index in [1.807, 2.05) is 13.0 Å². The van der Waals surface area contributed by atoms with Gasteiger partial charge in [-0.05, 0) is 30.7 Å². The molecule has 0 aliphatic rings. The van der Waals surface area contributed by atoms with Crippen molar-refractivity contribution in [1.29, 1.82) is 0 Å². The van der Waals surface area contributed by atoms with Crippen molar-refractivity contribution >= 4 is 28.2 Å². The summed E-state index contributed by atoms with van der Waals surface area (Å²) in [6.07, 6.45) is 2.32. The highest BCUT2D eigenvalue weighted by Crippen LogP contribution is 2.30. The molecule has 2 N–H and O–H groups in total. The van der Waals surface area contributed by atoms with E-state index in [4.69, 9.17) is 17.3 Å². The number of hydrogen-bond acceptors (Lipinski definition) is 3. The van der Waals surface area contributed by atoms with Crippen molar-refractivity contribution in [2.45, 2.75) is 13.3 Å². The topological polar surface area (TPSA) is 51.8 Å². The lowest BCUT2D eigenvalue weighted by Crippen LogP contribution is -1.97. The van der Waals surface area contributed by atoms with E-state index in [0.29, 0.717) is 22.8 Å². The van der Waals surface area contributed by atoms with Gasteiger partial charge in [-0.3, -0.25) is 4.98 Å². The second-order valence-corrected chi connectivity index (χ2v) is 5.16. The Morgan fingerprint density at radius 2 is 2.00 bits per heavy atom. The summed E-state index contributed by atoms with van der Waals surface area (Å²) in [7, 11) is 0. The third kappa shape index (κ3) is 2.54. The van der Waals surface area contributed by atoms with Gasteiger partial charge < -0.3 is 5.73 Å². The highest BCUT2D eigenvalue weighted by atomic mass is 35.5. The van der Waals surface area contributed by atoms with Crippen LogP contribution in [0.15, 0.2) is 36.5 Å². The molecule has 2 aromatic heterocycles. The van der Waals surface area contributed by atoms with Gasteiger partial charge in [0, 0.05) is 40.2 Å². The number of pyridine rings is 2. The van der Waals surface area contributed by atoms with Gasteiger partial charge in [-0.2, -0.15) is 0 Å². The maximum Gasteiger partial charge on any atom is 0.131 e. The van der Waals surface area contributed by atoms with Crippen LogP contribution in [-0.2, 0) is 6.42 Å². The van der Waals surface area contributed by atoms with E-state index in [9.17, 15) is 4.39 Å². The number of anilines is 1. The Morgan fingerprint density at radius 1 is 1.19 bits per heavy atom. The van der Waals surface area contributed by atoms with Crippen LogP contribution < -0.4 is 5.73 Å². The van der Waals surface area contributed by atoms with Gasteiger partial charge in [-0.15, -0.1) is 0 Å². The maximum atomic E-state index is 14.1. The molecule has 0 saturated heterocycles. The number of benzene rings is 1. The molecule has 0 bridgehead atoms. The van der Waals surface area contributed by atoms with Gasteiger partial charge in [-0.25, -0.2) is 9.37 Å². The van der Waals surface area contributed by atoms with Gasteiger partial charge in [0.1, 0.15) is 11.0 Å². The van der Waals surface area contributed by atoms with Crippen LogP contribution in [0.3, 0.4) is 0 Å². The average Bonchev–Trinajstić information content (AvgIpc) is 2.48. The van der Waals surface area contributed by atoms with Crippen molar-refractivity contribution in [3.63, 3.8) is 0 Å². The predicted octanol–water partition coefficient (Wildman–Crippen LogP) is 4.23. The lowest BCUT2D eigenvalue weighted by atomic mass is 10.00. The third-order valence-electron chi connectivity index (χ3n) is 3.36. The summed E-state index contributed by atoms with van der Waals surface area (Å²) in [6.45, 7) is 1.98. The van der Waals surface area contributed by atoms with Crippen molar-refractivity contribution in [3.8, 4) is 11.1 Å². The summed E-state index contributed by atoms with van der Waals surface area (Å²) in [5.74, 6) is -0.318. The summed E-state index contributed by atoms with van der Waals surface area (Å²) in [4.78, 5) is 8.61. The van der Waals surface area contributed by atoms with E-state index in [1.54, 1.807) is 24.4 Å². The summed E-state index contributed by atoms with van der Waals surface area (Å²) < 4.78 is 14.1. The number of aryl methyl sites for hydroxylation is 1. The smallest absolute Gasteiger partial charge is 0.131 e. The molecule has 2 heterocycles. The Kier molecular flexibility index (Phi) is 3.47. The number of hydrogen-bond donors (Lipinski definition) is 1. The molecule has 5 heteroatoms. The maximum absolute atomic E-state index is 14.1. The van der Waals surface area contributed by atoms with Crippen LogP contribution in [0.4, 0.5) is 10.1 Å². The molecule has 21 heavy (non-hydrogen) atoms. The highest BCUT2D eigenvalue weighted by Gasteiger charge is 2.12. The molecule has 106 valence electrons. The SMILES string of the molecule is CCc1nc2cc(Cl)ncc2cc1-c1cc(N)ccc1F. The van der Waals surface area contributed by atoms with Crippen LogP contribution >= 0.6 is 11.6 Å². The third-order valence-corrected chi connectivity index (χ3v) is 3.57. The number of nitrogens with zero attached hydrogens (tertiary/aromatic N) is 2. The number of fused-ring (bicyclic) bond motifs is 1. The zero-order valence-corrected chi connectivity index (χ0v) is 12.2. The second-order valence-electron chi connectivity index (χ2n) is 4.78. The average molecular weight is 302 g/mol. The Hall–Kier alpha value is -2.20. The fraction of sp³-hybridized carbons (Fsp3) is 0.125. The molecule has 0 spiro atoms. The molecule has 0 radical (unpaired) electrons. The van der Waals surface area contributed by atoms with Crippen molar-refractivity contribution in [1.82, 2.24) is 9.97 Å². The first-order valence-corrected chi connectivity index (χ1v) is 6.97. The van der Waals surface area contributed by atoms with Gasteiger partial charge in [0.15, 0.2) is 0 Å². The van der Waals surface area contributed by atoms with Crippen LogP contribution in [0.2, 0.25) is 5.15 Å². The molecule has 0 saturated carbocycles. The fourth-order valence-electron chi connectivity index (χ4n) is 2.34.